The van der Waals surface area contributed by atoms with Gasteiger partial charge in [0.25, 0.3) is 11.5 Å². The van der Waals surface area contributed by atoms with Crippen molar-refractivity contribution in [3.8, 4) is 0 Å². The second-order valence-corrected chi connectivity index (χ2v) is 4.77. The molecule has 1 aromatic heterocycles. The van der Waals surface area contributed by atoms with Crippen molar-refractivity contribution in [1.82, 2.24) is 14.9 Å². The number of hydrogen-bond donors (Lipinski definition) is 3. The lowest BCUT2D eigenvalue weighted by Gasteiger charge is -2.38. The number of ether oxygens (including phenoxy) is 1. The monoisotopic (exact) mass is 282 g/mol. The van der Waals surface area contributed by atoms with E-state index >= 15 is 0 Å². The normalized spacial score (nSPS) is 22.8. The minimum absolute atomic E-state index is 0.0203. The van der Waals surface area contributed by atoms with E-state index in [1.165, 1.54) is 0 Å². The maximum atomic E-state index is 12.4. The van der Waals surface area contributed by atoms with Crippen LogP contribution >= 0.6 is 0 Å². The summed E-state index contributed by atoms with van der Waals surface area (Å²) in [5, 5.41) is 0. The Bertz CT molecular complexity index is 565. The number of likely N-dealkylation sites (tertiary alicyclic amines) is 1. The van der Waals surface area contributed by atoms with Crippen LogP contribution in [0.3, 0.4) is 0 Å². The van der Waals surface area contributed by atoms with Crippen LogP contribution in [-0.2, 0) is 4.74 Å². The van der Waals surface area contributed by atoms with Gasteiger partial charge in [0.2, 0.25) is 0 Å². The van der Waals surface area contributed by atoms with Crippen LogP contribution in [0.2, 0.25) is 0 Å². The molecule has 0 bridgehead atoms. The fourth-order valence-electron chi connectivity index (χ4n) is 2.46. The van der Waals surface area contributed by atoms with Crippen LogP contribution < -0.4 is 17.0 Å². The highest BCUT2D eigenvalue weighted by Crippen LogP contribution is 2.20. The van der Waals surface area contributed by atoms with Gasteiger partial charge in [-0.15, -0.1) is 0 Å². The van der Waals surface area contributed by atoms with Crippen LogP contribution in [0.25, 0.3) is 0 Å². The minimum atomic E-state index is -0.697. The van der Waals surface area contributed by atoms with E-state index < -0.39 is 17.2 Å². The lowest BCUT2D eigenvalue weighted by atomic mass is 9.99. The highest BCUT2D eigenvalue weighted by molar-refractivity contribution is 5.92. The molecule has 0 aliphatic carbocycles. The van der Waals surface area contributed by atoms with Crippen molar-refractivity contribution in [2.75, 3.05) is 20.2 Å². The molecule has 2 atom stereocenters. The molecule has 4 N–H and O–H groups in total. The van der Waals surface area contributed by atoms with Gasteiger partial charge in [0.15, 0.2) is 0 Å². The molecule has 20 heavy (non-hydrogen) atoms. The molecule has 2 rings (SSSR count). The number of nitrogens with two attached hydrogens (primary N) is 1. The van der Waals surface area contributed by atoms with Crippen molar-refractivity contribution in [2.45, 2.75) is 25.0 Å². The molecule has 1 aliphatic rings. The van der Waals surface area contributed by atoms with Crippen LogP contribution in [0.4, 0.5) is 0 Å². The van der Waals surface area contributed by atoms with Gasteiger partial charge in [-0.1, -0.05) is 0 Å². The van der Waals surface area contributed by atoms with E-state index in [-0.39, 0.29) is 17.8 Å². The Kier molecular flexibility index (Phi) is 4.35. The van der Waals surface area contributed by atoms with Crippen LogP contribution in [0.15, 0.2) is 15.7 Å². The van der Waals surface area contributed by atoms with Crippen molar-refractivity contribution < 1.29 is 9.53 Å². The van der Waals surface area contributed by atoms with Crippen LogP contribution in [0.1, 0.15) is 23.3 Å². The molecule has 1 aromatic rings. The quantitative estimate of drug-likeness (QED) is 0.632. The van der Waals surface area contributed by atoms with Gasteiger partial charge in [0.1, 0.15) is 5.69 Å². The number of nitrogens with zero attached hydrogens (tertiary/aromatic N) is 1. The molecule has 1 fully saturated rings. The van der Waals surface area contributed by atoms with Crippen molar-refractivity contribution >= 4 is 5.91 Å². The largest absolute Gasteiger partial charge is 0.381 e. The van der Waals surface area contributed by atoms with Crippen molar-refractivity contribution in [1.29, 1.82) is 0 Å². The third-order valence-electron chi connectivity index (χ3n) is 3.52. The maximum absolute atomic E-state index is 12.4. The summed E-state index contributed by atoms with van der Waals surface area (Å²) in [6, 6.07) is 0.920. The van der Waals surface area contributed by atoms with E-state index in [1.54, 1.807) is 12.0 Å². The Morgan fingerprint density at radius 3 is 2.85 bits per heavy atom. The van der Waals surface area contributed by atoms with Gasteiger partial charge in [0, 0.05) is 32.3 Å². The maximum Gasteiger partial charge on any atom is 0.326 e. The van der Waals surface area contributed by atoms with E-state index in [0.29, 0.717) is 25.9 Å². The first kappa shape index (κ1) is 14.5. The zero-order valence-electron chi connectivity index (χ0n) is 11.2. The summed E-state index contributed by atoms with van der Waals surface area (Å²) >= 11 is 0. The predicted octanol–water partition coefficient (Wildman–Crippen LogP) is -1.36. The molecule has 8 heteroatoms. The molecule has 1 saturated heterocycles. The zero-order chi connectivity index (χ0) is 14.7. The van der Waals surface area contributed by atoms with Crippen molar-refractivity contribution in [2.24, 2.45) is 5.73 Å². The number of nitrogens with one attached hydrogen (secondary N) is 2. The number of amides is 1. The number of hydrogen-bond acceptors (Lipinski definition) is 5. The molecule has 0 aromatic carbocycles. The van der Waals surface area contributed by atoms with Gasteiger partial charge in [-0.2, -0.15) is 0 Å². The Morgan fingerprint density at radius 1 is 1.50 bits per heavy atom. The molecule has 0 radical (unpaired) electrons. The van der Waals surface area contributed by atoms with Crippen LogP contribution in [0.5, 0.6) is 0 Å². The van der Waals surface area contributed by atoms with E-state index in [4.69, 9.17) is 10.5 Å². The predicted molar refractivity (Wildman–Crippen MR) is 71.6 cm³/mol. The smallest absolute Gasteiger partial charge is 0.326 e. The summed E-state index contributed by atoms with van der Waals surface area (Å²) in [7, 11) is 1.63. The summed E-state index contributed by atoms with van der Waals surface area (Å²) in [4.78, 5) is 40.8. The van der Waals surface area contributed by atoms with Crippen LogP contribution in [0, 0.1) is 0 Å². The average Bonchev–Trinajstić information content (AvgIpc) is 2.44. The first-order chi connectivity index (χ1) is 9.55. The van der Waals surface area contributed by atoms with Gasteiger partial charge >= 0.3 is 5.69 Å². The van der Waals surface area contributed by atoms with Gasteiger partial charge in [-0.05, 0) is 12.8 Å². The standard InChI is InChI=1S/C12H18N4O4/c1-20-8-2-3-16(7(4-8)6-13)11(18)9-5-10(17)15-12(19)14-9/h5,7-8H,2-4,6,13H2,1H3,(H2,14,15,17,19). The van der Waals surface area contributed by atoms with E-state index in [2.05, 4.69) is 4.98 Å². The average molecular weight is 282 g/mol. The molecule has 1 amide bonds. The third-order valence-corrected chi connectivity index (χ3v) is 3.52. The minimum Gasteiger partial charge on any atom is -0.381 e. The highest BCUT2D eigenvalue weighted by Gasteiger charge is 2.31. The lowest BCUT2D eigenvalue weighted by Crippen LogP contribution is -2.51. The molecule has 2 unspecified atom stereocenters. The number of piperidine rings is 1. The number of carbonyl (C=O) groups excluding carboxylic acids is 1. The second kappa shape index (κ2) is 6.02. The third kappa shape index (κ3) is 2.97. The summed E-state index contributed by atoms with van der Waals surface area (Å²) in [5.74, 6) is -0.391. The molecule has 110 valence electrons. The van der Waals surface area contributed by atoms with E-state index in [0.717, 1.165) is 6.07 Å². The topological polar surface area (TPSA) is 121 Å². The van der Waals surface area contributed by atoms with Crippen LogP contribution in [-0.4, -0.2) is 53.1 Å². The van der Waals surface area contributed by atoms with Crippen molar-refractivity contribution in [3.63, 3.8) is 0 Å². The molecular formula is C12H18N4O4. The summed E-state index contributed by atoms with van der Waals surface area (Å²) in [6.45, 7) is 0.785. The second-order valence-electron chi connectivity index (χ2n) is 4.77. The molecule has 1 aliphatic heterocycles. The SMILES string of the molecule is COC1CCN(C(=O)c2cc(=O)[nH]c(=O)[nH]2)C(CN)C1. The van der Waals surface area contributed by atoms with Gasteiger partial charge in [-0.3, -0.25) is 14.6 Å². The number of H-pyrrole nitrogens is 2. The molecule has 0 spiro atoms. The zero-order valence-corrected chi connectivity index (χ0v) is 11.2. The molecular weight excluding hydrogens is 264 g/mol. The Morgan fingerprint density at radius 2 is 2.25 bits per heavy atom. The lowest BCUT2D eigenvalue weighted by molar-refractivity contribution is 0.0136. The number of carbonyl (C=O) groups is 1. The number of aromatic nitrogens is 2. The van der Waals surface area contributed by atoms with E-state index in [9.17, 15) is 14.4 Å². The highest BCUT2D eigenvalue weighted by atomic mass is 16.5. The number of methoxy groups -OCH3 is 1. The number of rotatable bonds is 3. The fourth-order valence-corrected chi connectivity index (χ4v) is 2.46. The summed E-state index contributed by atoms with van der Waals surface area (Å²) < 4.78 is 5.29. The Labute approximate surface area is 114 Å². The van der Waals surface area contributed by atoms with Gasteiger partial charge < -0.3 is 20.4 Å². The molecule has 0 saturated carbocycles. The Hall–Kier alpha value is -1.93. The summed E-state index contributed by atoms with van der Waals surface area (Å²) in [5.41, 5.74) is 4.38. The van der Waals surface area contributed by atoms with Crippen molar-refractivity contribution in [3.05, 3.63) is 32.6 Å². The Balaban J connectivity index is 2.23. The summed E-state index contributed by atoms with van der Waals surface area (Å²) in [6.07, 6.45) is 1.42. The van der Waals surface area contributed by atoms with Gasteiger partial charge in [0.05, 0.1) is 6.10 Å². The molecule has 2 heterocycles. The molecule has 8 nitrogen and oxygen atoms in total. The van der Waals surface area contributed by atoms with E-state index in [1.807, 2.05) is 4.98 Å². The van der Waals surface area contributed by atoms with Gasteiger partial charge in [-0.25, -0.2) is 4.79 Å². The fraction of sp³-hybridized carbons (Fsp3) is 0.583. The first-order valence-electron chi connectivity index (χ1n) is 6.42. The number of aromatic amines is 2. The first-order valence-corrected chi connectivity index (χ1v) is 6.42.